The fourth-order valence-electron chi connectivity index (χ4n) is 4.01. The Morgan fingerprint density at radius 1 is 1.26 bits per heavy atom. The Kier molecular flexibility index (Phi) is 3.77. The van der Waals surface area contributed by atoms with Crippen LogP contribution < -0.4 is 5.56 Å². The number of rotatable bonds is 4. The number of hydrogen-bond donors (Lipinski definition) is 1. The van der Waals surface area contributed by atoms with Crippen molar-refractivity contribution in [3.05, 3.63) is 52.1 Å². The van der Waals surface area contributed by atoms with Crippen molar-refractivity contribution in [2.75, 3.05) is 0 Å². The van der Waals surface area contributed by atoms with Crippen LogP contribution in [0.15, 0.2) is 29.3 Å². The second-order valence-corrected chi connectivity index (χ2v) is 7.13. The molecule has 1 saturated carbocycles. The lowest BCUT2D eigenvalue weighted by Crippen LogP contribution is -2.22. The molecule has 4 heterocycles. The Morgan fingerprint density at radius 3 is 2.85 bits per heavy atom. The van der Waals surface area contributed by atoms with Crippen LogP contribution in [-0.4, -0.2) is 34.1 Å². The van der Waals surface area contributed by atoms with E-state index in [1.54, 1.807) is 21.5 Å². The molecule has 0 aromatic carbocycles. The standard InChI is InChI=1S/C19H21N7O/c1-2-25-18(27)15-17(23-16(22-15)13-7-3-4-8-13)26-19(25)21-14(24-26)10-12-6-5-9-20-11-12/h5-6,9,11,13H,2-4,7-8,10H2,1H3,(H,22,23). The summed E-state index contributed by atoms with van der Waals surface area (Å²) in [7, 11) is 0. The van der Waals surface area contributed by atoms with Crippen LogP contribution in [-0.2, 0) is 13.0 Å². The minimum absolute atomic E-state index is 0.0860. The van der Waals surface area contributed by atoms with Crippen molar-refractivity contribution in [2.24, 2.45) is 0 Å². The highest BCUT2D eigenvalue weighted by Crippen LogP contribution is 2.33. The predicted octanol–water partition coefficient (Wildman–Crippen LogP) is 2.43. The number of aryl methyl sites for hydroxylation is 1. The smallest absolute Gasteiger partial charge is 0.281 e. The van der Waals surface area contributed by atoms with E-state index in [9.17, 15) is 4.79 Å². The van der Waals surface area contributed by atoms with Crippen LogP contribution in [0, 0.1) is 0 Å². The fourth-order valence-corrected chi connectivity index (χ4v) is 4.01. The molecule has 1 aliphatic rings. The lowest BCUT2D eigenvalue weighted by atomic mass is 10.1. The third-order valence-electron chi connectivity index (χ3n) is 5.38. The number of imidazole rings is 1. The van der Waals surface area contributed by atoms with Gasteiger partial charge in [-0.25, -0.2) is 4.98 Å². The average molecular weight is 363 g/mol. The SMILES string of the molecule is CCn1c(=O)c2[nH]c(C3CCCC3)nc2n2nc(Cc3cccnc3)nc12. The molecule has 4 aromatic rings. The number of H-pyrrole nitrogens is 1. The Hall–Kier alpha value is -3.03. The minimum Gasteiger partial charge on any atom is -0.336 e. The molecule has 0 saturated heterocycles. The summed E-state index contributed by atoms with van der Waals surface area (Å²) in [5, 5.41) is 4.66. The van der Waals surface area contributed by atoms with Crippen molar-refractivity contribution < 1.29 is 0 Å². The summed E-state index contributed by atoms with van der Waals surface area (Å²) in [6.07, 6.45) is 8.79. The zero-order chi connectivity index (χ0) is 18.4. The van der Waals surface area contributed by atoms with E-state index in [-0.39, 0.29) is 5.56 Å². The van der Waals surface area contributed by atoms with Gasteiger partial charge in [-0.3, -0.25) is 14.3 Å². The monoisotopic (exact) mass is 363 g/mol. The largest absolute Gasteiger partial charge is 0.336 e. The van der Waals surface area contributed by atoms with E-state index < -0.39 is 0 Å². The number of fused-ring (bicyclic) bond motifs is 3. The molecule has 5 rings (SSSR count). The molecule has 0 unspecified atom stereocenters. The van der Waals surface area contributed by atoms with E-state index >= 15 is 0 Å². The average Bonchev–Trinajstić information content (AvgIpc) is 3.42. The lowest BCUT2D eigenvalue weighted by molar-refractivity contribution is 0.680. The van der Waals surface area contributed by atoms with Crippen LogP contribution >= 0.6 is 0 Å². The summed E-state index contributed by atoms with van der Waals surface area (Å²) in [5.41, 5.74) is 2.04. The van der Waals surface area contributed by atoms with E-state index in [2.05, 4.69) is 20.1 Å². The van der Waals surface area contributed by atoms with Gasteiger partial charge in [-0.2, -0.15) is 9.50 Å². The second-order valence-electron chi connectivity index (χ2n) is 7.13. The van der Waals surface area contributed by atoms with E-state index in [4.69, 9.17) is 4.98 Å². The number of pyridine rings is 1. The molecule has 138 valence electrons. The van der Waals surface area contributed by atoms with E-state index in [1.165, 1.54) is 12.8 Å². The molecular formula is C19H21N7O. The summed E-state index contributed by atoms with van der Waals surface area (Å²) in [5.74, 6) is 2.50. The molecule has 0 radical (unpaired) electrons. The first-order chi connectivity index (χ1) is 13.2. The molecule has 4 aromatic heterocycles. The maximum Gasteiger partial charge on any atom is 0.281 e. The molecule has 1 aliphatic carbocycles. The van der Waals surface area contributed by atoms with Gasteiger partial charge in [0, 0.05) is 31.3 Å². The Labute approximate surface area is 155 Å². The highest BCUT2D eigenvalue weighted by Gasteiger charge is 2.24. The molecule has 1 N–H and O–H groups in total. The van der Waals surface area contributed by atoms with E-state index in [1.807, 2.05) is 19.1 Å². The molecule has 1 fully saturated rings. The number of aromatic amines is 1. The molecule has 0 atom stereocenters. The molecule has 8 heteroatoms. The Balaban J connectivity index is 1.69. The zero-order valence-electron chi connectivity index (χ0n) is 15.2. The van der Waals surface area contributed by atoms with Crippen molar-refractivity contribution in [3.63, 3.8) is 0 Å². The highest BCUT2D eigenvalue weighted by molar-refractivity contribution is 5.72. The third kappa shape index (κ3) is 2.63. The van der Waals surface area contributed by atoms with Crippen molar-refractivity contribution in [2.45, 2.75) is 51.5 Å². The molecule has 0 amide bonds. The van der Waals surface area contributed by atoms with Gasteiger partial charge in [-0.1, -0.05) is 18.9 Å². The van der Waals surface area contributed by atoms with Crippen molar-refractivity contribution >= 4 is 16.9 Å². The zero-order valence-corrected chi connectivity index (χ0v) is 15.2. The van der Waals surface area contributed by atoms with Gasteiger partial charge in [0.2, 0.25) is 5.78 Å². The van der Waals surface area contributed by atoms with Crippen LogP contribution in [0.25, 0.3) is 16.9 Å². The van der Waals surface area contributed by atoms with Crippen LogP contribution in [0.3, 0.4) is 0 Å². The van der Waals surface area contributed by atoms with Crippen LogP contribution in [0.4, 0.5) is 0 Å². The molecule has 0 spiro atoms. The third-order valence-corrected chi connectivity index (χ3v) is 5.38. The van der Waals surface area contributed by atoms with Gasteiger partial charge in [0.15, 0.2) is 17.0 Å². The summed E-state index contributed by atoms with van der Waals surface area (Å²) in [6.45, 7) is 2.47. The minimum atomic E-state index is -0.0860. The van der Waals surface area contributed by atoms with Crippen molar-refractivity contribution in [3.8, 4) is 0 Å². The maximum absolute atomic E-state index is 13.0. The van der Waals surface area contributed by atoms with Crippen LogP contribution in [0.5, 0.6) is 0 Å². The summed E-state index contributed by atoms with van der Waals surface area (Å²) >= 11 is 0. The van der Waals surface area contributed by atoms with Gasteiger partial charge in [0.25, 0.3) is 5.56 Å². The first kappa shape index (κ1) is 16.2. The number of nitrogens with one attached hydrogen (secondary N) is 1. The first-order valence-electron chi connectivity index (χ1n) is 9.51. The van der Waals surface area contributed by atoms with Crippen molar-refractivity contribution in [1.82, 2.24) is 34.1 Å². The Bertz CT molecular complexity index is 1170. The number of aromatic nitrogens is 7. The van der Waals surface area contributed by atoms with Gasteiger partial charge < -0.3 is 4.98 Å². The normalized spacial score (nSPS) is 15.3. The number of nitrogens with zero attached hydrogens (tertiary/aromatic N) is 6. The van der Waals surface area contributed by atoms with E-state index in [0.717, 1.165) is 24.2 Å². The lowest BCUT2D eigenvalue weighted by Gasteiger charge is -2.02. The topological polar surface area (TPSA) is 93.8 Å². The van der Waals surface area contributed by atoms with Gasteiger partial charge in [-0.05, 0) is 31.4 Å². The number of hydrogen-bond acceptors (Lipinski definition) is 5. The highest BCUT2D eigenvalue weighted by atomic mass is 16.1. The quantitative estimate of drug-likeness (QED) is 0.601. The van der Waals surface area contributed by atoms with Crippen molar-refractivity contribution in [1.29, 1.82) is 0 Å². The van der Waals surface area contributed by atoms with Gasteiger partial charge >= 0.3 is 0 Å². The van der Waals surface area contributed by atoms with Crippen LogP contribution in [0.2, 0.25) is 0 Å². The summed E-state index contributed by atoms with van der Waals surface area (Å²) in [4.78, 5) is 29.8. The van der Waals surface area contributed by atoms with Crippen LogP contribution in [0.1, 0.15) is 55.7 Å². The molecular weight excluding hydrogens is 342 g/mol. The predicted molar refractivity (Wildman–Crippen MR) is 101 cm³/mol. The maximum atomic E-state index is 13.0. The molecule has 27 heavy (non-hydrogen) atoms. The molecule has 8 nitrogen and oxygen atoms in total. The Morgan fingerprint density at radius 2 is 2.11 bits per heavy atom. The molecule has 0 aliphatic heterocycles. The fraction of sp³-hybridized carbons (Fsp3) is 0.421. The van der Waals surface area contributed by atoms with Gasteiger partial charge in [0.1, 0.15) is 5.82 Å². The first-order valence-corrected chi connectivity index (χ1v) is 9.51. The van der Waals surface area contributed by atoms with Gasteiger partial charge in [0.05, 0.1) is 0 Å². The second kappa shape index (κ2) is 6.29. The van der Waals surface area contributed by atoms with E-state index in [0.29, 0.717) is 41.6 Å². The molecule has 0 bridgehead atoms. The summed E-state index contributed by atoms with van der Waals surface area (Å²) in [6, 6.07) is 3.89. The van der Waals surface area contributed by atoms with Gasteiger partial charge in [-0.15, -0.1) is 5.10 Å². The summed E-state index contributed by atoms with van der Waals surface area (Å²) < 4.78 is 3.36.